The number of aromatic nitrogens is 2. The van der Waals surface area contributed by atoms with E-state index in [-0.39, 0.29) is 11.8 Å². The van der Waals surface area contributed by atoms with Gasteiger partial charge in [0, 0.05) is 44.2 Å². The molecule has 4 heterocycles. The first-order valence-electron chi connectivity index (χ1n) is 9.04. The Hall–Kier alpha value is -3.28. The predicted octanol–water partition coefficient (Wildman–Crippen LogP) is 2.69. The summed E-state index contributed by atoms with van der Waals surface area (Å²) < 4.78 is 0. The maximum Gasteiger partial charge on any atom is 0.246 e. The largest absolute Gasteiger partial charge is 0.335 e. The summed E-state index contributed by atoms with van der Waals surface area (Å²) in [5.74, 6) is 0.614. The summed E-state index contributed by atoms with van der Waals surface area (Å²) in [6.45, 7) is 1.31. The highest BCUT2D eigenvalue weighted by molar-refractivity contribution is 5.94. The van der Waals surface area contributed by atoms with E-state index in [0.717, 1.165) is 17.5 Å². The number of rotatable bonds is 3. The van der Waals surface area contributed by atoms with Gasteiger partial charge in [-0.1, -0.05) is 6.08 Å². The van der Waals surface area contributed by atoms with E-state index in [4.69, 9.17) is 0 Å². The minimum Gasteiger partial charge on any atom is -0.335 e. The van der Waals surface area contributed by atoms with Gasteiger partial charge < -0.3 is 10.2 Å². The Balaban J connectivity index is 1.40. The van der Waals surface area contributed by atoms with Crippen LogP contribution >= 0.6 is 0 Å². The van der Waals surface area contributed by atoms with Crippen molar-refractivity contribution < 1.29 is 9.59 Å². The van der Waals surface area contributed by atoms with E-state index in [1.54, 1.807) is 30.7 Å². The van der Waals surface area contributed by atoms with E-state index in [1.165, 1.54) is 11.1 Å². The molecule has 27 heavy (non-hydrogen) atoms. The number of nitrogens with one attached hydrogen (secondary N) is 1. The lowest BCUT2D eigenvalue weighted by molar-refractivity contribution is -0.125. The average Bonchev–Trinajstić information content (AvgIpc) is 2.72. The minimum atomic E-state index is -0.00829. The lowest BCUT2D eigenvalue weighted by atomic mass is 10.0. The van der Waals surface area contributed by atoms with E-state index in [1.807, 2.05) is 23.1 Å². The van der Waals surface area contributed by atoms with Crippen LogP contribution in [-0.4, -0.2) is 39.8 Å². The van der Waals surface area contributed by atoms with Crippen LogP contribution in [0, 0.1) is 0 Å². The van der Waals surface area contributed by atoms with Crippen molar-refractivity contribution in [2.24, 2.45) is 0 Å². The van der Waals surface area contributed by atoms with Crippen molar-refractivity contribution in [3.8, 4) is 0 Å². The van der Waals surface area contributed by atoms with Crippen molar-refractivity contribution in [2.75, 3.05) is 18.4 Å². The second-order valence-electron chi connectivity index (χ2n) is 6.66. The maximum absolute atomic E-state index is 12.5. The van der Waals surface area contributed by atoms with Crippen molar-refractivity contribution in [2.45, 2.75) is 19.3 Å². The molecule has 0 unspecified atom stereocenters. The number of nitrogens with zero attached hydrogens (tertiary/aromatic N) is 3. The predicted molar refractivity (Wildman–Crippen MR) is 104 cm³/mol. The first kappa shape index (κ1) is 17.1. The standard InChI is InChI=1S/C21H20N4O2/c26-19-3-2-18-13-15(14-23-21(18)24-19)1-4-20(27)25-11-7-17(8-12-25)16-5-9-22-10-6-16/h1,4-7,9-10,13-14H,2-3,8,11-12H2,(H,23,24,26)/b4-1+. The second-order valence-corrected chi connectivity index (χ2v) is 6.66. The quantitative estimate of drug-likeness (QED) is 0.854. The molecule has 4 rings (SSSR count). The van der Waals surface area contributed by atoms with Gasteiger partial charge in [-0.3, -0.25) is 14.6 Å². The number of amides is 2. The van der Waals surface area contributed by atoms with Crippen LogP contribution in [0.25, 0.3) is 11.6 Å². The van der Waals surface area contributed by atoms with Gasteiger partial charge in [0.2, 0.25) is 11.8 Å². The van der Waals surface area contributed by atoms with E-state index in [9.17, 15) is 9.59 Å². The van der Waals surface area contributed by atoms with Gasteiger partial charge in [-0.05, 0) is 59.4 Å². The summed E-state index contributed by atoms with van der Waals surface area (Å²) in [4.78, 5) is 34.0. The van der Waals surface area contributed by atoms with Gasteiger partial charge in [0.05, 0.1) is 0 Å². The van der Waals surface area contributed by atoms with Gasteiger partial charge in [0.1, 0.15) is 5.82 Å². The van der Waals surface area contributed by atoms with Crippen LogP contribution in [0.3, 0.4) is 0 Å². The Kier molecular flexibility index (Phi) is 4.78. The molecule has 0 fully saturated rings. The third kappa shape index (κ3) is 3.95. The molecule has 6 nitrogen and oxygen atoms in total. The molecule has 0 spiro atoms. The Morgan fingerprint density at radius 2 is 2.04 bits per heavy atom. The third-order valence-corrected chi connectivity index (χ3v) is 4.86. The number of carbonyl (C=O) groups is 2. The zero-order valence-electron chi connectivity index (χ0n) is 14.9. The van der Waals surface area contributed by atoms with Crippen LogP contribution in [0.4, 0.5) is 5.82 Å². The third-order valence-electron chi connectivity index (χ3n) is 4.86. The molecule has 2 aliphatic heterocycles. The molecule has 2 aromatic rings. The summed E-state index contributed by atoms with van der Waals surface area (Å²) in [6, 6.07) is 5.96. The Morgan fingerprint density at radius 3 is 2.81 bits per heavy atom. The molecule has 0 radical (unpaired) electrons. The molecule has 0 saturated carbocycles. The minimum absolute atomic E-state index is 0.00208. The number of hydrogen-bond acceptors (Lipinski definition) is 4. The molecule has 0 saturated heterocycles. The van der Waals surface area contributed by atoms with Crippen LogP contribution < -0.4 is 5.32 Å². The zero-order valence-corrected chi connectivity index (χ0v) is 14.9. The highest BCUT2D eigenvalue weighted by Crippen LogP contribution is 2.23. The SMILES string of the molecule is O=C1CCc2cc(/C=C/C(=O)N3CC=C(c4ccncc4)CC3)cnc2N1. The lowest BCUT2D eigenvalue weighted by Crippen LogP contribution is -2.33. The van der Waals surface area contributed by atoms with E-state index >= 15 is 0 Å². The van der Waals surface area contributed by atoms with Gasteiger partial charge in [-0.25, -0.2) is 4.98 Å². The normalized spacial score (nSPS) is 16.7. The Morgan fingerprint density at radius 1 is 1.19 bits per heavy atom. The molecule has 0 aromatic carbocycles. The van der Waals surface area contributed by atoms with E-state index in [2.05, 4.69) is 21.4 Å². The van der Waals surface area contributed by atoms with Crippen LogP contribution in [0.2, 0.25) is 0 Å². The van der Waals surface area contributed by atoms with Crippen molar-refractivity contribution in [3.63, 3.8) is 0 Å². The molecular formula is C21H20N4O2. The molecule has 6 heteroatoms. The number of hydrogen-bond donors (Lipinski definition) is 1. The fourth-order valence-electron chi connectivity index (χ4n) is 3.34. The van der Waals surface area contributed by atoms with Gasteiger partial charge in [-0.2, -0.15) is 0 Å². The van der Waals surface area contributed by atoms with Crippen molar-refractivity contribution in [1.29, 1.82) is 0 Å². The van der Waals surface area contributed by atoms with Crippen LogP contribution in [0.15, 0.2) is 48.9 Å². The van der Waals surface area contributed by atoms with Crippen molar-refractivity contribution in [3.05, 3.63) is 65.6 Å². The number of fused-ring (bicyclic) bond motifs is 1. The van der Waals surface area contributed by atoms with Gasteiger partial charge in [0.15, 0.2) is 0 Å². The number of anilines is 1. The fourth-order valence-corrected chi connectivity index (χ4v) is 3.34. The summed E-state index contributed by atoms with van der Waals surface area (Å²) in [6.07, 6.45) is 12.7. The zero-order chi connectivity index (χ0) is 18.6. The fraction of sp³-hybridized carbons (Fsp3) is 0.238. The lowest BCUT2D eigenvalue weighted by Gasteiger charge is -2.25. The topological polar surface area (TPSA) is 75.2 Å². The van der Waals surface area contributed by atoms with E-state index < -0.39 is 0 Å². The first-order valence-corrected chi connectivity index (χ1v) is 9.04. The second kappa shape index (κ2) is 7.53. The number of pyridine rings is 2. The molecule has 136 valence electrons. The smallest absolute Gasteiger partial charge is 0.246 e. The molecular weight excluding hydrogens is 340 g/mol. The molecule has 2 aliphatic rings. The highest BCUT2D eigenvalue weighted by atomic mass is 16.2. The molecule has 1 N–H and O–H groups in total. The van der Waals surface area contributed by atoms with Gasteiger partial charge >= 0.3 is 0 Å². The molecule has 0 atom stereocenters. The summed E-state index contributed by atoms with van der Waals surface area (Å²) in [5.41, 5.74) is 4.29. The maximum atomic E-state index is 12.5. The molecule has 2 aromatic heterocycles. The van der Waals surface area contributed by atoms with E-state index in [0.29, 0.717) is 31.7 Å². The Labute approximate surface area is 157 Å². The molecule has 2 amide bonds. The highest BCUT2D eigenvalue weighted by Gasteiger charge is 2.17. The van der Waals surface area contributed by atoms with Crippen molar-refractivity contribution in [1.82, 2.24) is 14.9 Å². The Bertz CT molecular complexity index is 934. The van der Waals surface area contributed by atoms with Gasteiger partial charge in [-0.15, -0.1) is 0 Å². The molecule has 0 bridgehead atoms. The average molecular weight is 360 g/mol. The van der Waals surface area contributed by atoms with Crippen LogP contribution in [0.5, 0.6) is 0 Å². The summed E-state index contributed by atoms with van der Waals surface area (Å²) in [7, 11) is 0. The number of carbonyl (C=O) groups excluding carboxylic acids is 2. The summed E-state index contributed by atoms with van der Waals surface area (Å²) in [5, 5.41) is 2.76. The van der Waals surface area contributed by atoms with Crippen molar-refractivity contribution >= 4 is 29.3 Å². The molecule has 0 aliphatic carbocycles. The summed E-state index contributed by atoms with van der Waals surface area (Å²) >= 11 is 0. The first-order chi connectivity index (χ1) is 13.2. The number of aryl methyl sites for hydroxylation is 1. The monoisotopic (exact) mass is 360 g/mol. The van der Waals surface area contributed by atoms with Crippen LogP contribution in [-0.2, 0) is 16.0 Å². The van der Waals surface area contributed by atoms with Gasteiger partial charge in [0.25, 0.3) is 0 Å². The van der Waals surface area contributed by atoms with Crippen LogP contribution in [0.1, 0.15) is 29.5 Å².